The van der Waals surface area contributed by atoms with Gasteiger partial charge < -0.3 is 9.64 Å². The highest BCUT2D eigenvalue weighted by Crippen LogP contribution is 2.14. The van der Waals surface area contributed by atoms with E-state index in [1.54, 1.807) is 7.05 Å². The topological polar surface area (TPSA) is 29.5 Å². The molecule has 0 heterocycles. The first-order valence-electron chi connectivity index (χ1n) is 3.98. The predicted molar refractivity (Wildman–Crippen MR) is 52.5 cm³/mol. The third-order valence-electron chi connectivity index (χ3n) is 1.74. The molecule has 0 radical (unpaired) electrons. The van der Waals surface area contributed by atoms with Gasteiger partial charge in [-0.2, -0.15) is 12.6 Å². The largest absolute Gasteiger partial charge is 0.443 e. The van der Waals surface area contributed by atoms with Crippen molar-refractivity contribution in [2.45, 2.75) is 32.8 Å². The normalized spacial score (nSPS) is 11.1. The summed E-state index contributed by atoms with van der Waals surface area (Å²) >= 11 is 3.96. The van der Waals surface area contributed by atoms with Crippen LogP contribution in [0.4, 0.5) is 4.79 Å². The van der Waals surface area contributed by atoms with Gasteiger partial charge in [0.05, 0.1) is 5.88 Å². The summed E-state index contributed by atoms with van der Waals surface area (Å²) in [6.07, 6.45) is 0.482. The molecule has 0 aromatic carbocycles. The van der Waals surface area contributed by atoms with Crippen LogP contribution in [0.1, 0.15) is 27.2 Å². The molecule has 72 valence electrons. The van der Waals surface area contributed by atoms with Crippen LogP contribution >= 0.6 is 12.6 Å². The van der Waals surface area contributed by atoms with E-state index < -0.39 is 0 Å². The molecule has 0 fully saturated rings. The number of hydrogen-bond donors (Lipinski definition) is 1. The number of carbonyl (C=O) groups excluding carboxylic acids is 1. The van der Waals surface area contributed by atoms with Crippen molar-refractivity contribution in [3.8, 4) is 0 Å². The molecule has 1 amide bonds. The van der Waals surface area contributed by atoms with Crippen molar-refractivity contribution in [1.82, 2.24) is 4.90 Å². The molecule has 0 unspecified atom stereocenters. The minimum absolute atomic E-state index is 0.322. The molecule has 0 spiro atoms. The smallest absolute Gasteiger partial charge is 0.410 e. The van der Waals surface area contributed by atoms with E-state index in [0.29, 0.717) is 5.88 Å². The highest BCUT2D eigenvalue weighted by atomic mass is 32.1. The van der Waals surface area contributed by atoms with Gasteiger partial charge in [-0.25, -0.2) is 4.79 Å². The van der Waals surface area contributed by atoms with Crippen molar-refractivity contribution in [2.75, 3.05) is 12.9 Å². The van der Waals surface area contributed by atoms with Crippen molar-refractivity contribution in [1.29, 1.82) is 0 Å². The lowest BCUT2D eigenvalue weighted by molar-refractivity contribution is 0.0186. The van der Waals surface area contributed by atoms with Gasteiger partial charge in [-0.3, -0.25) is 0 Å². The van der Waals surface area contributed by atoms with E-state index in [9.17, 15) is 4.79 Å². The fourth-order valence-corrected chi connectivity index (χ4v) is 0.560. The Balaban J connectivity index is 4.00. The molecular formula is C8H17NO2S. The Morgan fingerprint density at radius 2 is 2.08 bits per heavy atom. The van der Waals surface area contributed by atoms with Crippen LogP contribution in [-0.4, -0.2) is 29.5 Å². The Kier molecular flexibility index (Phi) is 4.45. The number of hydrogen-bond acceptors (Lipinski definition) is 3. The average Bonchev–Trinajstić information content (AvgIpc) is 2.02. The Bertz CT molecular complexity index is 159. The van der Waals surface area contributed by atoms with E-state index in [1.165, 1.54) is 4.90 Å². The molecule has 3 nitrogen and oxygen atoms in total. The Morgan fingerprint density at radius 1 is 1.58 bits per heavy atom. The summed E-state index contributed by atoms with van der Waals surface area (Å²) in [5, 5.41) is 0. The summed E-state index contributed by atoms with van der Waals surface area (Å²) in [6.45, 7) is 5.75. The van der Waals surface area contributed by atoms with Gasteiger partial charge in [0.1, 0.15) is 5.60 Å². The molecule has 0 rings (SSSR count). The zero-order valence-electron chi connectivity index (χ0n) is 8.13. The number of ether oxygens (including phenoxy) is 1. The standard InChI is InChI=1S/C8H17NO2S/c1-5-8(2,3)11-7(10)9(4)6-12/h12H,5-6H2,1-4H3. The lowest BCUT2D eigenvalue weighted by atomic mass is 10.1. The minimum Gasteiger partial charge on any atom is -0.443 e. The fourth-order valence-electron chi connectivity index (χ4n) is 0.444. The first-order chi connectivity index (χ1) is 5.43. The maximum absolute atomic E-state index is 11.2. The van der Waals surface area contributed by atoms with E-state index in [-0.39, 0.29) is 11.7 Å². The molecule has 0 aliphatic heterocycles. The first-order valence-corrected chi connectivity index (χ1v) is 4.61. The van der Waals surface area contributed by atoms with Crippen molar-refractivity contribution < 1.29 is 9.53 Å². The van der Waals surface area contributed by atoms with Gasteiger partial charge in [-0.05, 0) is 20.3 Å². The second kappa shape index (κ2) is 4.60. The SMILES string of the molecule is CCC(C)(C)OC(=O)N(C)CS. The lowest BCUT2D eigenvalue weighted by Gasteiger charge is -2.26. The van der Waals surface area contributed by atoms with Crippen molar-refractivity contribution >= 4 is 18.7 Å². The van der Waals surface area contributed by atoms with Gasteiger partial charge in [0.15, 0.2) is 0 Å². The van der Waals surface area contributed by atoms with E-state index >= 15 is 0 Å². The first kappa shape index (κ1) is 11.6. The van der Waals surface area contributed by atoms with E-state index in [1.807, 2.05) is 20.8 Å². The molecule has 4 heteroatoms. The molecule has 0 aromatic heterocycles. The summed E-state index contributed by atoms with van der Waals surface area (Å²) in [4.78, 5) is 12.6. The molecule has 0 saturated heterocycles. The number of carbonyl (C=O) groups is 1. The monoisotopic (exact) mass is 191 g/mol. The second-order valence-corrected chi connectivity index (χ2v) is 3.60. The quantitative estimate of drug-likeness (QED) is 0.547. The maximum atomic E-state index is 11.2. The van der Waals surface area contributed by atoms with Gasteiger partial charge in [-0.15, -0.1) is 0 Å². The van der Waals surface area contributed by atoms with Gasteiger partial charge in [0.2, 0.25) is 0 Å². The van der Waals surface area contributed by atoms with Crippen LogP contribution in [0.25, 0.3) is 0 Å². The molecule has 0 saturated carbocycles. The highest BCUT2D eigenvalue weighted by Gasteiger charge is 2.21. The Morgan fingerprint density at radius 3 is 2.42 bits per heavy atom. The summed E-state index contributed by atoms with van der Waals surface area (Å²) in [6, 6.07) is 0. The van der Waals surface area contributed by atoms with Crippen LogP contribution in [-0.2, 0) is 4.74 Å². The summed E-state index contributed by atoms with van der Waals surface area (Å²) in [5.74, 6) is 0.374. The van der Waals surface area contributed by atoms with Crippen LogP contribution in [0.5, 0.6) is 0 Å². The number of nitrogens with zero attached hydrogens (tertiary/aromatic N) is 1. The molecule has 0 aliphatic carbocycles. The zero-order chi connectivity index (χ0) is 9.78. The maximum Gasteiger partial charge on any atom is 0.410 e. The van der Waals surface area contributed by atoms with E-state index in [4.69, 9.17) is 4.74 Å². The van der Waals surface area contributed by atoms with Crippen LogP contribution in [0.3, 0.4) is 0 Å². The third kappa shape index (κ3) is 3.85. The lowest BCUT2D eigenvalue weighted by Crippen LogP contribution is -2.34. The Labute approximate surface area is 79.5 Å². The van der Waals surface area contributed by atoms with Crippen LogP contribution in [0.2, 0.25) is 0 Å². The molecule has 0 atom stereocenters. The predicted octanol–water partition coefficient (Wildman–Crippen LogP) is 2.13. The van der Waals surface area contributed by atoms with Gasteiger partial charge in [-0.1, -0.05) is 6.92 Å². The third-order valence-corrected chi connectivity index (χ3v) is 2.16. The molecule has 12 heavy (non-hydrogen) atoms. The Hall–Kier alpha value is -0.380. The van der Waals surface area contributed by atoms with Gasteiger partial charge >= 0.3 is 6.09 Å². The highest BCUT2D eigenvalue weighted by molar-refractivity contribution is 7.80. The van der Waals surface area contributed by atoms with Crippen LogP contribution in [0.15, 0.2) is 0 Å². The minimum atomic E-state index is -0.381. The average molecular weight is 191 g/mol. The van der Waals surface area contributed by atoms with Crippen LogP contribution in [0, 0.1) is 0 Å². The number of amides is 1. The molecule has 0 bridgehead atoms. The zero-order valence-corrected chi connectivity index (χ0v) is 9.02. The second-order valence-electron chi connectivity index (χ2n) is 3.32. The fraction of sp³-hybridized carbons (Fsp3) is 0.875. The molecule has 0 aromatic rings. The summed E-state index contributed by atoms with van der Waals surface area (Å²) in [7, 11) is 1.65. The van der Waals surface area contributed by atoms with Crippen molar-refractivity contribution in [2.24, 2.45) is 0 Å². The summed E-state index contributed by atoms with van der Waals surface area (Å²) in [5.41, 5.74) is -0.381. The van der Waals surface area contributed by atoms with Crippen LogP contribution < -0.4 is 0 Å². The number of rotatable bonds is 3. The van der Waals surface area contributed by atoms with E-state index in [0.717, 1.165) is 6.42 Å². The summed E-state index contributed by atoms with van der Waals surface area (Å²) < 4.78 is 5.18. The van der Waals surface area contributed by atoms with Gasteiger partial charge in [0, 0.05) is 7.05 Å². The van der Waals surface area contributed by atoms with Crippen molar-refractivity contribution in [3.63, 3.8) is 0 Å². The number of thiol groups is 1. The molecule has 0 aliphatic rings. The molecular weight excluding hydrogens is 174 g/mol. The van der Waals surface area contributed by atoms with Crippen molar-refractivity contribution in [3.05, 3.63) is 0 Å². The molecule has 0 N–H and O–H groups in total. The van der Waals surface area contributed by atoms with E-state index in [2.05, 4.69) is 12.6 Å². The van der Waals surface area contributed by atoms with Gasteiger partial charge in [0.25, 0.3) is 0 Å².